The molecule has 1 fully saturated rings. The van der Waals surface area contributed by atoms with Crippen LogP contribution in [0.1, 0.15) is 80.3 Å². The van der Waals surface area contributed by atoms with Crippen LogP contribution in [0, 0.1) is 0 Å². The van der Waals surface area contributed by atoms with Crippen LogP contribution in [0.15, 0.2) is 146 Å². The molecule has 0 radical (unpaired) electrons. The molecular weight excluding hydrogens is 1390 g/mol. The van der Waals surface area contributed by atoms with Crippen molar-refractivity contribution in [3.8, 4) is 0 Å². The summed E-state index contributed by atoms with van der Waals surface area (Å²) in [6.45, 7) is 5.92. The first kappa shape index (κ1) is 82.6. The number of aliphatic hydroxyl groups excluding tert-OH is 3. The molecule has 1 aliphatic rings. The van der Waals surface area contributed by atoms with Crippen molar-refractivity contribution in [3.63, 3.8) is 0 Å². The third-order valence-electron chi connectivity index (χ3n) is 17.3. The predicted molar refractivity (Wildman–Crippen MR) is 398 cm³/mol. The number of unbranched alkanes of at least 4 members (excludes halogenated alkanes) is 1. The second-order valence-electron chi connectivity index (χ2n) is 26.1. The second-order valence-corrected chi connectivity index (χ2v) is 28.7. The highest BCUT2D eigenvalue weighted by atomic mass is 33.1. The predicted octanol–water partition coefficient (Wildman–Crippen LogP) is -0.283. The first-order chi connectivity index (χ1) is 50.3. The van der Waals surface area contributed by atoms with Gasteiger partial charge in [0.05, 0.1) is 24.9 Å². The number of amides is 10. The average Bonchev–Trinajstić information content (AvgIpc) is 1.78. The van der Waals surface area contributed by atoms with Gasteiger partial charge < -0.3 is 95.4 Å². The van der Waals surface area contributed by atoms with Gasteiger partial charge in [0.25, 0.3) is 0 Å². The Morgan fingerprint density at radius 3 is 1.29 bits per heavy atom. The Bertz CT molecular complexity index is 3880. The lowest BCUT2D eigenvalue weighted by atomic mass is 9.99. The van der Waals surface area contributed by atoms with Crippen LogP contribution in [-0.2, 0) is 91.4 Å². The maximum Gasteiger partial charge on any atom is 0.327 e. The van der Waals surface area contributed by atoms with Gasteiger partial charge in [-0.05, 0) is 79.1 Å². The molecule has 0 bridgehead atoms. The van der Waals surface area contributed by atoms with Gasteiger partial charge in [-0.15, -0.1) is 0 Å². The SMILES string of the molecule is CC(C)NCc1ccc(C[C@@H]2NC(=O)[C@@H](Cc3c[nH]c4ccccc34)NC(=O)[C@H](Cc3ccccc3)NC(=O)[C@H](Cc3ccccc3)NC(=O)[C@H](CCCCN)NC(=O)[C@@H](N)CSSC[C@@H](C(=O)O)NC(=O)[C@H](CO)NC(=O)[C@H](C(C)O)NC(=O)[C@H](Cc3ccccc3)NC(=O)[C@H](C(C)O)NC2=O)cc1. The van der Waals surface area contributed by atoms with E-state index in [9.17, 15) is 54.0 Å². The fraction of sp³-hybridized carbons (Fsp3) is 0.419. The van der Waals surface area contributed by atoms with Gasteiger partial charge in [-0.3, -0.25) is 47.9 Å². The number of carboxylic acid groups (broad SMARTS) is 1. The lowest BCUT2D eigenvalue weighted by molar-refractivity contribution is -0.142. The molecule has 2 unspecified atom stereocenters. The van der Waals surface area contributed by atoms with Crippen LogP contribution in [0.2, 0.25) is 0 Å². The number of aliphatic carboxylic acids is 1. The number of hydrogen-bond acceptors (Lipinski definition) is 19. The Hall–Kier alpha value is -9.73. The van der Waals surface area contributed by atoms with Crippen LogP contribution < -0.4 is 70.0 Å². The van der Waals surface area contributed by atoms with Gasteiger partial charge in [0.2, 0.25) is 59.1 Å². The number of carboxylic acids is 1. The van der Waals surface area contributed by atoms with Crippen molar-refractivity contribution in [2.45, 2.75) is 170 Å². The van der Waals surface area contributed by atoms with Gasteiger partial charge in [-0.1, -0.05) is 169 Å². The number of nitrogens with two attached hydrogens (primary N) is 2. The standard InChI is InChI=1S/C74H96N14O15S2/c1-42(2)77-37-49-29-27-48(28-30-49)35-57-69(97)87-62(43(3)90)72(100)84-58(34-47-22-12-7-13-23-47)70(98)88-63(44(4)91)73(101)85-60(39-89)71(99)86-61(74(102)103)41-105-104-40-52(76)64(92)79-54(26-16-17-31-75)65(93)80-55(32-45-18-8-5-9-19-45)66(94)81-56(33-46-20-10-6-11-21-46)67(95)83-59(68(96)82-57)36-50-38-78-53-25-15-14-24-51(50)53/h5-15,18-25,27-30,38,42-44,52,54-63,77-78,89-91H,16-17,26,31-37,39-41,75-76H2,1-4H3,(H,79,92)(H,80,93)(H,81,94)(H,82,96)(H,83,95)(H,84,100)(H,85,101)(H,86,99)(H,87,97)(H,88,98)(H,102,103)/t43?,44?,52-,54-,55-,56-,57-,58-,59+,60-,61-,62-,63-/m0/s1. The molecule has 0 aliphatic carbocycles. The Kier molecular flexibility index (Phi) is 32.8. The Labute approximate surface area is 616 Å². The molecule has 105 heavy (non-hydrogen) atoms. The van der Waals surface area contributed by atoms with E-state index in [1.807, 2.05) is 38.1 Å². The average molecular weight is 1490 g/mol. The minimum Gasteiger partial charge on any atom is -0.480 e. The van der Waals surface area contributed by atoms with E-state index in [-0.39, 0.29) is 62.6 Å². The number of carbonyl (C=O) groups excluding carboxylic acids is 10. The van der Waals surface area contributed by atoms with Gasteiger partial charge in [-0.25, -0.2) is 4.79 Å². The molecule has 29 nitrogen and oxygen atoms in total. The summed E-state index contributed by atoms with van der Waals surface area (Å²) in [5, 5.41) is 73.1. The molecule has 13 atom stereocenters. The number of hydrogen-bond donors (Lipinski definition) is 18. The van der Waals surface area contributed by atoms with Crippen LogP contribution in [0.4, 0.5) is 0 Å². The number of para-hydroxylation sites is 1. The molecule has 7 rings (SSSR count). The number of H-pyrrole nitrogens is 1. The van der Waals surface area contributed by atoms with Gasteiger partial charge >= 0.3 is 5.97 Å². The summed E-state index contributed by atoms with van der Waals surface area (Å²) >= 11 is 0. The molecular formula is C74H96N14O15S2. The zero-order chi connectivity index (χ0) is 76.1. The maximum atomic E-state index is 15.5. The van der Waals surface area contributed by atoms with Crippen molar-refractivity contribution in [1.29, 1.82) is 0 Å². The molecule has 1 saturated heterocycles. The molecule has 564 valence electrons. The lowest BCUT2D eigenvalue weighted by Crippen LogP contribution is -2.63. The van der Waals surface area contributed by atoms with Gasteiger partial charge in [0.15, 0.2) is 0 Å². The molecule has 1 aromatic heterocycles. The zero-order valence-corrected chi connectivity index (χ0v) is 60.5. The summed E-state index contributed by atoms with van der Waals surface area (Å²) in [5.74, 6) is -11.9. The van der Waals surface area contributed by atoms with Crippen LogP contribution in [0.5, 0.6) is 0 Å². The second kappa shape index (κ2) is 41.7. The normalized spacial score (nSPS) is 23.8. The van der Waals surface area contributed by atoms with Gasteiger partial charge in [0, 0.05) is 73.3 Å². The van der Waals surface area contributed by atoms with Crippen molar-refractivity contribution in [3.05, 3.63) is 179 Å². The third kappa shape index (κ3) is 26.1. The number of fused-ring (bicyclic) bond motifs is 1. The number of rotatable bonds is 21. The Balaban J connectivity index is 1.31. The zero-order valence-electron chi connectivity index (χ0n) is 58.9. The number of carbonyl (C=O) groups is 11. The van der Waals surface area contributed by atoms with E-state index in [2.05, 4.69) is 63.5 Å². The number of nitrogens with one attached hydrogen (secondary N) is 12. The van der Waals surface area contributed by atoms with E-state index in [0.717, 1.165) is 34.1 Å². The molecule has 2 heterocycles. The van der Waals surface area contributed by atoms with E-state index in [1.54, 1.807) is 121 Å². The smallest absolute Gasteiger partial charge is 0.327 e. The molecule has 6 aromatic rings. The largest absolute Gasteiger partial charge is 0.480 e. The van der Waals surface area contributed by atoms with Crippen molar-refractivity contribution in [2.24, 2.45) is 11.5 Å². The van der Waals surface area contributed by atoms with E-state index < -0.39 is 150 Å². The minimum absolute atomic E-state index is 0.0300. The molecule has 0 saturated carbocycles. The summed E-state index contributed by atoms with van der Waals surface area (Å²) in [4.78, 5) is 163. The minimum atomic E-state index is -1.91. The first-order valence-corrected chi connectivity index (χ1v) is 37.2. The summed E-state index contributed by atoms with van der Waals surface area (Å²) in [7, 11) is 1.84. The third-order valence-corrected chi connectivity index (χ3v) is 19.8. The van der Waals surface area contributed by atoms with Crippen LogP contribution in [0.25, 0.3) is 10.9 Å². The van der Waals surface area contributed by atoms with Crippen molar-refractivity contribution in [2.75, 3.05) is 24.7 Å². The number of aromatic nitrogens is 1. The topological polar surface area (TPSA) is 469 Å². The van der Waals surface area contributed by atoms with Crippen LogP contribution in [0.3, 0.4) is 0 Å². The highest BCUT2D eigenvalue weighted by molar-refractivity contribution is 8.76. The van der Waals surface area contributed by atoms with E-state index in [0.29, 0.717) is 58.1 Å². The summed E-state index contributed by atoms with van der Waals surface area (Å²) in [6, 6.07) is 22.4. The van der Waals surface area contributed by atoms with Gasteiger partial charge in [0.1, 0.15) is 60.4 Å². The monoisotopic (exact) mass is 1480 g/mol. The van der Waals surface area contributed by atoms with Crippen molar-refractivity contribution >= 4 is 97.5 Å². The molecule has 1 aliphatic heterocycles. The highest BCUT2D eigenvalue weighted by Crippen LogP contribution is 2.24. The fourth-order valence-corrected chi connectivity index (χ4v) is 13.7. The molecule has 20 N–H and O–H groups in total. The quantitative estimate of drug-likeness (QED) is 0.0325. The first-order valence-electron chi connectivity index (χ1n) is 34.7. The molecule has 5 aromatic carbocycles. The van der Waals surface area contributed by atoms with Crippen molar-refractivity contribution < 1.29 is 73.2 Å². The fourth-order valence-electron chi connectivity index (χ4n) is 11.4. The molecule has 0 spiro atoms. The number of aromatic amines is 1. The number of benzene rings is 5. The van der Waals surface area contributed by atoms with E-state index in [4.69, 9.17) is 11.5 Å². The van der Waals surface area contributed by atoms with Crippen molar-refractivity contribution in [1.82, 2.24) is 63.5 Å². The molecule has 31 heteroatoms. The van der Waals surface area contributed by atoms with Crippen LogP contribution in [-0.4, -0.2) is 200 Å². The lowest BCUT2D eigenvalue weighted by Gasteiger charge is -2.29. The summed E-state index contributed by atoms with van der Waals surface area (Å²) in [5.41, 5.74) is 16.5. The molecule has 10 amide bonds. The van der Waals surface area contributed by atoms with Gasteiger partial charge in [-0.2, -0.15) is 0 Å². The van der Waals surface area contributed by atoms with Crippen LogP contribution >= 0.6 is 21.6 Å². The summed E-state index contributed by atoms with van der Waals surface area (Å²) in [6.07, 6.45) is -2.02. The van der Waals surface area contributed by atoms with E-state index >= 15 is 19.2 Å². The van der Waals surface area contributed by atoms with E-state index in [1.165, 1.54) is 6.92 Å². The Morgan fingerprint density at radius 2 is 0.838 bits per heavy atom. The summed E-state index contributed by atoms with van der Waals surface area (Å²) < 4.78 is 0. The number of aliphatic hydroxyl groups is 3. The highest BCUT2D eigenvalue weighted by Gasteiger charge is 2.39. The maximum absolute atomic E-state index is 15.5. The Morgan fingerprint density at radius 1 is 0.457 bits per heavy atom.